The van der Waals surface area contributed by atoms with Gasteiger partial charge in [0.2, 0.25) is 0 Å². The Hall–Kier alpha value is -2.00. The van der Waals surface area contributed by atoms with Crippen LogP contribution in [0.3, 0.4) is 0 Å². The molecule has 0 aliphatic heterocycles. The van der Waals surface area contributed by atoms with Crippen LogP contribution >= 0.6 is 0 Å². The zero-order valence-corrected chi connectivity index (χ0v) is 16.3. The number of rotatable bonds is 7. The Bertz CT molecular complexity index is 667. The van der Waals surface area contributed by atoms with Gasteiger partial charge in [0.15, 0.2) is 0 Å². The second-order valence-electron chi connectivity index (χ2n) is 7.41. The molecule has 3 rings (SSSR count). The summed E-state index contributed by atoms with van der Waals surface area (Å²) < 4.78 is 5.59. The first-order chi connectivity index (χ1) is 12.7. The number of likely N-dealkylation sites (N-methyl/N-ethyl adjacent to an activating group) is 1. The molecule has 0 saturated heterocycles. The highest BCUT2D eigenvalue weighted by molar-refractivity contribution is 5.58. The lowest BCUT2D eigenvalue weighted by molar-refractivity contribution is 0.316. The fourth-order valence-corrected chi connectivity index (χ4v) is 4.06. The monoisotopic (exact) mass is 352 g/mol. The number of methoxy groups -OCH3 is 1. The summed E-state index contributed by atoms with van der Waals surface area (Å²) in [4.78, 5) is 2.34. The van der Waals surface area contributed by atoms with Gasteiger partial charge in [-0.1, -0.05) is 61.7 Å². The van der Waals surface area contributed by atoms with Gasteiger partial charge in [0.25, 0.3) is 0 Å². The van der Waals surface area contributed by atoms with E-state index in [1.165, 1.54) is 37.7 Å². The normalized spacial score (nSPS) is 17.5. The zero-order valence-electron chi connectivity index (χ0n) is 16.3. The van der Waals surface area contributed by atoms with E-state index >= 15 is 0 Å². The van der Waals surface area contributed by atoms with Gasteiger partial charge in [-0.15, -0.1) is 0 Å². The van der Waals surface area contributed by atoms with Crippen molar-refractivity contribution < 1.29 is 4.74 Å². The third-order valence-corrected chi connectivity index (χ3v) is 5.74. The number of nitrogens with one attached hydrogen (secondary N) is 1. The van der Waals surface area contributed by atoms with E-state index in [0.717, 1.165) is 11.4 Å². The Balaban J connectivity index is 1.84. The van der Waals surface area contributed by atoms with E-state index in [-0.39, 0.29) is 6.04 Å². The summed E-state index contributed by atoms with van der Waals surface area (Å²) in [5, 5.41) is 3.98. The molecular weight excluding hydrogens is 320 g/mol. The molecule has 0 aromatic heterocycles. The Morgan fingerprint density at radius 2 is 1.62 bits per heavy atom. The molecule has 0 unspecified atom stereocenters. The molecule has 0 heterocycles. The van der Waals surface area contributed by atoms with Crippen molar-refractivity contribution in [2.45, 2.75) is 57.2 Å². The van der Waals surface area contributed by atoms with Crippen molar-refractivity contribution in [2.75, 3.05) is 19.1 Å². The molecule has 1 N–H and O–H groups in total. The van der Waals surface area contributed by atoms with Gasteiger partial charge in [-0.05, 0) is 37.5 Å². The summed E-state index contributed by atoms with van der Waals surface area (Å²) in [7, 11) is 3.91. The lowest BCUT2D eigenvalue weighted by Crippen LogP contribution is -2.45. The highest BCUT2D eigenvalue weighted by atomic mass is 16.5. The van der Waals surface area contributed by atoms with E-state index in [1.54, 1.807) is 7.11 Å². The van der Waals surface area contributed by atoms with Crippen molar-refractivity contribution in [1.29, 1.82) is 0 Å². The topological polar surface area (TPSA) is 24.5 Å². The third kappa shape index (κ3) is 4.39. The number of hydrogen-bond donors (Lipinski definition) is 1. The predicted molar refractivity (Wildman–Crippen MR) is 110 cm³/mol. The van der Waals surface area contributed by atoms with E-state index in [4.69, 9.17) is 4.74 Å². The smallest absolute Gasteiger partial charge is 0.142 e. The van der Waals surface area contributed by atoms with Crippen LogP contribution in [0.4, 0.5) is 5.69 Å². The second-order valence-corrected chi connectivity index (χ2v) is 7.41. The zero-order chi connectivity index (χ0) is 18.4. The Kier molecular flexibility index (Phi) is 6.56. The van der Waals surface area contributed by atoms with Crippen LogP contribution in [-0.2, 0) is 0 Å². The molecular formula is C23H32N2O. The summed E-state index contributed by atoms with van der Waals surface area (Å²) in [6.07, 6.45) is 6.64. The standard InChI is InChI=1S/C23H32N2O/c1-18(25(2)21-16-10-11-17-22(21)26-3)23(19-12-6-4-7-13-19)24-20-14-8-5-9-15-20/h4,6-7,10-13,16-18,20,23-24H,5,8-9,14-15H2,1-3H3/t18-,23-/m0/s1. The maximum atomic E-state index is 5.59. The Morgan fingerprint density at radius 3 is 2.31 bits per heavy atom. The van der Waals surface area contributed by atoms with Gasteiger partial charge in [0, 0.05) is 19.1 Å². The van der Waals surface area contributed by atoms with E-state index in [1.807, 2.05) is 12.1 Å². The van der Waals surface area contributed by atoms with Gasteiger partial charge < -0.3 is 15.0 Å². The van der Waals surface area contributed by atoms with E-state index in [2.05, 4.69) is 66.7 Å². The van der Waals surface area contributed by atoms with Crippen LogP contribution < -0.4 is 15.0 Å². The van der Waals surface area contributed by atoms with Crippen molar-refractivity contribution in [3.63, 3.8) is 0 Å². The molecule has 1 saturated carbocycles. The molecule has 26 heavy (non-hydrogen) atoms. The predicted octanol–water partition coefficient (Wildman–Crippen LogP) is 5.18. The quantitative estimate of drug-likeness (QED) is 0.743. The van der Waals surface area contributed by atoms with Crippen LogP contribution in [-0.4, -0.2) is 26.2 Å². The summed E-state index contributed by atoms with van der Waals surface area (Å²) in [5.74, 6) is 0.923. The number of benzene rings is 2. The largest absolute Gasteiger partial charge is 0.495 e. The van der Waals surface area contributed by atoms with E-state index < -0.39 is 0 Å². The fraction of sp³-hybridized carbons (Fsp3) is 0.478. The molecule has 0 bridgehead atoms. The van der Waals surface area contributed by atoms with Crippen molar-refractivity contribution in [2.24, 2.45) is 0 Å². The van der Waals surface area contributed by atoms with Crippen molar-refractivity contribution in [3.05, 3.63) is 60.2 Å². The molecule has 0 amide bonds. The molecule has 140 valence electrons. The second kappa shape index (κ2) is 9.09. The third-order valence-electron chi connectivity index (χ3n) is 5.74. The highest BCUT2D eigenvalue weighted by Gasteiger charge is 2.27. The van der Waals surface area contributed by atoms with Crippen LogP contribution in [0.2, 0.25) is 0 Å². The first-order valence-corrected chi connectivity index (χ1v) is 9.87. The Morgan fingerprint density at radius 1 is 0.962 bits per heavy atom. The summed E-state index contributed by atoms with van der Waals surface area (Å²) in [5.41, 5.74) is 2.49. The van der Waals surface area contributed by atoms with E-state index in [0.29, 0.717) is 12.1 Å². The minimum Gasteiger partial charge on any atom is -0.495 e. The average Bonchev–Trinajstić information content (AvgIpc) is 2.72. The van der Waals surface area contributed by atoms with Crippen LogP contribution in [0.1, 0.15) is 50.6 Å². The minimum atomic E-state index is 0.286. The first-order valence-electron chi connectivity index (χ1n) is 9.87. The summed E-state index contributed by atoms with van der Waals surface area (Å²) >= 11 is 0. The van der Waals surface area contributed by atoms with Crippen molar-refractivity contribution in [1.82, 2.24) is 5.32 Å². The Labute approximate surface area is 158 Å². The van der Waals surface area contributed by atoms with Crippen molar-refractivity contribution >= 4 is 5.69 Å². The lowest BCUT2D eigenvalue weighted by atomic mass is 9.92. The van der Waals surface area contributed by atoms with Crippen LogP contribution in [0.25, 0.3) is 0 Å². The number of hydrogen-bond acceptors (Lipinski definition) is 3. The number of anilines is 1. The van der Waals surface area contributed by atoms with Gasteiger partial charge in [-0.3, -0.25) is 0 Å². The fourth-order valence-electron chi connectivity index (χ4n) is 4.06. The molecule has 0 radical (unpaired) electrons. The lowest BCUT2D eigenvalue weighted by Gasteiger charge is -2.38. The minimum absolute atomic E-state index is 0.286. The molecule has 2 aromatic carbocycles. The molecule has 2 aromatic rings. The molecule has 3 heteroatoms. The average molecular weight is 353 g/mol. The van der Waals surface area contributed by atoms with E-state index in [9.17, 15) is 0 Å². The summed E-state index contributed by atoms with van der Waals surface area (Å²) in [6, 6.07) is 20.3. The summed E-state index contributed by atoms with van der Waals surface area (Å²) in [6.45, 7) is 2.31. The number of para-hydroxylation sites is 2. The van der Waals surface area contributed by atoms with Crippen LogP contribution in [0.15, 0.2) is 54.6 Å². The van der Waals surface area contributed by atoms with Gasteiger partial charge in [-0.25, -0.2) is 0 Å². The van der Waals surface area contributed by atoms with Gasteiger partial charge >= 0.3 is 0 Å². The maximum Gasteiger partial charge on any atom is 0.142 e. The molecule has 1 aliphatic rings. The first kappa shape index (κ1) is 18.8. The van der Waals surface area contributed by atoms with Gasteiger partial charge in [0.05, 0.1) is 18.8 Å². The molecule has 1 aliphatic carbocycles. The molecule has 3 nitrogen and oxygen atoms in total. The van der Waals surface area contributed by atoms with Gasteiger partial charge in [-0.2, -0.15) is 0 Å². The highest BCUT2D eigenvalue weighted by Crippen LogP contribution is 2.32. The van der Waals surface area contributed by atoms with Crippen molar-refractivity contribution in [3.8, 4) is 5.75 Å². The number of nitrogens with zero attached hydrogens (tertiary/aromatic N) is 1. The van der Waals surface area contributed by atoms with Crippen LogP contribution in [0, 0.1) is 0 Å². The SMILES string of the molecule is COc1ccccc1N(C)[C@@H](C)[C@H](NC1CCCCC1)c1ccccc1. The molecule has 2 atom stereocenters. The van der Waals surface area contributed by atoms with Crippen LogP contribution in [0.5, 0.6) is 5.75 Å². The molecule has 1 fully saturated rings. The van der Waals surface area contributed by atoms with Gasteiger partial charge in [0.1, 0.15) is 5.75 Å². The number of ether oxygens (including phenoxy) is 1. The molecule has 0 spiro atoms. The maximum absolute atomic E-state index is 5.59.